The molecular weight excluding hydrogens is 131 g/mol. The lowest BCUT2D eigenvalue weighted by atomic mass is 9.63. The summed E-state index contributed by atoms with van der Waals surface area (Å²) in [5.41, 5.74) is 0. The molecule has 1 radical (unpaired) electrons. The summed E-state index contributed by atoms with van der Waals surface area (Å²) in [6.45, 7) is 9.18. The Morgan fingerprint density at radius 1 is 0.909 bits per heavy atom. The van der Waals surface area contributed by atoms with Gasteiger partial charge in [-0.2, -0.15) is 0 Å². The van der Waals surface area contributed by atoms with Crippen LogP contribution in [0.25, 0.3) is 0 Å². The molecular formula is C10H22B. The van der Waals surface area contributed by atoms with Crippen molar-refractivity contribution in [3.63, 3.8) is 0 Å². The molecule has 0 fully saturated rings. The molecule has 0 aromatic carbocycles. The molecule has 0 bridgehead atoms. The summed E-state index contributed by atoms with van der Waals surface area (Å²) in [7, 11) is 2.46. The molecule has 0 aromatic rings. The van der Waals surface area contributed by atoms with E-state index in [0.717, 1.165) is 11.8 Å². The molecule has 65 valence electrons. The minimum Gasteiger partial charge on any atom is -0.0778 e. The Balaban J connectivity index is 3.13. The Morgan fingerprint density at radius 3 is 1.55 bits per heavy atom. The first-order valence-electron chi connectivity index (χ1n) is 5.02. The van der Waals surface area contributed by atoms with Crippen LogP contribution in [0, 0.1) is 11.8 Å². The van der Waals surface area contributed by atoms with Crippen molar-refractivity contribution in [2.45, 2.75) is 53.2 Å². The summed E-state index contributed by atoms with van der Waals surface area (Å²) in [6, 6.07) is 0. The third kappa shape index (κ3) is 6.46. The molecule has 0 rings (SSSR count). The highest BCUT2D eigenvalue weighted by Crippen LogP contribution is 2.12. The molecule has 2 unspecified atom stereocenters. The SMILES string of the molecule is CCC(C)C[B]CC(C)CC. The maximum Gasteiger partial charge on any atom is 0.110 e. The van der Waals surface area contributed by atoms with E-state index in [-0.39, 0.29) is 0 Å². The van der Waals surface area contributed by atoms with E-state index in [1.54, 1.807) is 0 Å². The van der Waals surface area contributed by atoms with Crippen molar-refractivity contribution in [2.75, 3.05) is 0 Å². The Hall–Kier alpha value is 0.0649. The van der Waals surface area contributed by atoms with Gasteiger partial charge in [0.1, 0.15) is 7.28 Å². The van der Waals surface area contributed by atoms with Crippen LogP contribution in [0.15, 0.2) is 0 Å². The molecule has 0 aliphatic rings. The third-order valence-electron chi connectivity index (χ3n) is 2.53. The van der Waals surface area contributed by atoms with Crippen LogP contribution in [0.3, 0.4) is 0 Å². The van der Waals surface area contributed by atoms with Crippen LogP contribution in [0.2, 0.25) is 12.6 Å². The molecule has 0 spiro atoms. The van der Waals surface area contributed by atoms with Gasteiger partial charge in [0.15, 0.2) is 0 Å². The normalized spacial score (nSPS) is 16.0. The Morgan fingerprint density at radius 2 is 1.27 bits per heavy atom. The van der Waals surface area contributed by atoms with Gasteiger partial charge >= 0.3 is 0 Å². The highest BCUT2D eigenvalue weighted by Gasteiger charge is 2.02. The predicted molar refractivity (Wildman–Crippen MR) is 54.3 cm³/mol. The van der Waals surface area contributed by atoms with Gasteiger partial charge in [-0.25, -0.2) is 0 Å². The van der Waals surface area contributed by atoms with Crippen molar-refractivity contribution in [1.82, 2.24) is 0 Å². The average Bonchev–Trinajstić information content (AvgIpc) is 2.04. The van der Waals surface area contributed by atoms with Gasteiger partial charge in [0.2, 0.25) is 0 Å². The van der Waals surface area contributed by atoms with Crippen LogP contribution in [0.1, 0.15) is 40.5 Å². The minimum absolute atomic E-state index is 0.888. The van der Waals surface area contributed by atoms with Gasteiger partial charge in [0.25, 0.3) is 0 Å². The van der Waals surface area contributed by atoms with Crippen molar-refractivity contribution in [2.24, 2.45) is 11.8 Å². The molecule has 0 saturated heterocycles. The third-order valence-corrected chi connectivity index (χ3v) is 2.53. The topological polar surface area (TPSA) is 0 Å². The first kappa shape index (κ1) is 11.1. The fourth-order valence-electron chi connectivity index (χ4n) is 0.999. The Kier molecular flexibility index (Phi) is 6.80. The monoisotopic (exact) mass is 153 g/mol. The van der Waals surface area contributed by atoms with Crippen LogP contribution >= 0.6 is 0 Å². The molecule has 1 heteroatoms. The summed E-state index contributed by atoms with van der Waals surface area (Å²) < 4.78 is 0. The van der Waals surface area contributed by atoms with Gasteiger partial charge in [-0.05, 0) is 0 Å². The van der Waals surface area contributed by atoms with Gasteiger partial charge in [0.05, 0.1) is 0 Å². The maximum absolute atomic E-state index is 2.46. The molecule has 0 heterocycles. The number of rotatable bonds is 6. The lowest BCUT2D eigenvalue weighted by molar-refractivity contribution is 0.599. The van der Waals surface area contributed by atoms with E-state index in [0.29, 0.717) is 0 Å². The molecule has 0 aliphatic heterocycles. The minimum atomic E-state index is 0.888. The van der Waals surface area contributed by atoms with Crippen molar-refractivity contribution in [1.29, 1.82) is 0 Å². The number of hydrogen-bond acceptors (Lipinski definition) is 0. The lowest BCUT2D eigenvalue weighted by Crippen LogP contribution is -2.02. The molecule has 0 nitrogen and oxygen atoms in total. The maximum atomic E-state index is 2.46. The second-order valence-electron chi connectivity index (χ2n) is 3.79. The van der Waals surface area contributed by atoms with Crippen LogP contribution in [0.4, 0.5) is 0 Å². The Labute approximate surface area is 73.0 Å². The van der Waals surface area contributed by atoms with Crippen molar-refractivity contribution >= 4 is 7.28 Å². The van der Waals surface area contributed by atoms with Gasteiger partial charge < -0.3 is 0 Å². The van der Waals surface area contributed by atoms with E-state index in [2.05, 4.69) is 35.0 Å². The lowest BCUT2D eigenvalue weighted by Gasteiger charge is -2.09. The fraction of sp³-hybridized carbons (Fsp3) is 1.00. The van der Waals surface area contributed by atoms with Crippen LogP contribution in [-0.2, 0) is 0 Å². The first-order valence-corrected chi connectivity index (χ1v) is 5.02. The molecule has 11 heavy (non-hydrogen) atoms. The summed E-state index contributed by atoms with van der Waals surface area (Å²) in [4.78, 5) is 0. The largest absolute Gasteiger partial charge is 0.110 e. The second-order valence-corrected chi connectivity index (χ2v) is 3.79. The summed E-state index contributed by atoms with van der Waals surface area (Å²) >= 11 is 0. The smallest absolute Gasteiger partial charge is 0.0778 e. The van der Waals surface area contributed by atoms with Crippen LogP contribution in [-0.4, -0.2) is 7.28 Å². The van der Waals surface area contributed by atoms with E-state index in [1.165, 1.54) is 25.5 Å². The van der Waals surface area contributed by atoms with Crippen molar-refractivity contribution < 1.29 is 0 Å². The van der Waals surface area contributed by atoms with E-state index in [4.69, 9.17) is 0 Å². The molecule has 0 N–H and O–H groups in total. The molecule has 2 atom stereocenters. The standard InChI is InChI=1S/C10H22B/c1-5-9(3)7-11-8-10(4)6-2/h9-10H,5-8H2,1-4H3. The molecule has 0 aliphatic carbocycles. The van der Waals surface area contributed by atoms with Crippen LogP contribution in [0.5, 0.6) is 0 Å². The zero-order valence-electron chi connectivity index (χ0n) is 8.56. The fourth-order valence-corrected chi connectivity index (χ4v) is 0.999. The number of hydrogen-bond donors (Lipinski definition) is 0. The summed E-state index contributed by atoms with van der Waals surface area (Å²) in [6.07, 6.45) is 5.25. The quantitative estimate of drug-likeness (QED) is 0.511. The highest BCUT2D eigenvalue weighted by molar-refractivity contribution is 6.35. The molecule has 0 saturated carbocycles. The van der Waals surface area contributed by atoms with Gasteiger partial charge in [-0.15, -0.1) is 0 Å². The van der Waals surface area contributed by atoms with Gasteiger partial charge in [-0.3, -0.25) is 0 Å². The van der Waals surface area contributed by atoms with Gasteiger partial charge in [0, 0.05) is 0 Å². The second kappa shape index (κ2) is 6.76. The molecule has 0 amide bonds. The first-order chi connectivity index (χ1) is 5.20. The van der Waals surface area contributed by atoms with Crippen molar-refractivity contribution in [3.05, 3.63) is 0 Å². The Bertz CT molecular complexity index is 70.9. The predicted octanol–water partition coefficient (Wildman–Crippen LogP) is 3.62. The van der Waals surface area contributed by atoms with E-state index in [1.807, 2.05) is 0 Å². The van der Waals surface area contributed by atoms with E-state index < -0.39 is 0 Å². The average molecular weight is 153 g/mol. The molecule has 0 aromatic heterocycles. The van der Waals surface area contributed by atoms with E-state index in [9.17, 15) is 0 Å². The summed E-state index contributed by atoms with van der Waals surface area (Å²) in [5, 5.41) is 0. The summed E-state index contributed by atoms with van der Waals surface area (Å²) in [5.74, 6) is 1.78. The van der Waals surface area contributed by atoms with Crippen molar-refractivity contribution in [3.8, 4) is 0 Å². The zero-order valence-corrected chi connectivity index (χ0v) is 8.56. The highest BCUT2D eigenvalue weighted by atomic mass is 14.0. The zero-order chi connectivity index (χ0) is 8.69. The van der Waals surface area contributed by atoms with Crippen LogP contribution < -0.4 is 0 Å². The van der Waals surface area contributed by atoms with Gasteiger partial charge in [-0.1, -0.05) is 65.0 Å². The van der Waals surface area contributed by atoms with E-state index >= 15 is 0 Å².